The highest BCUT2D eigenvalue weighted by atomic mass is 32.2. The van der Waals surface area contributed by atoms with Crippen LogP contribution in [-0.4, -0.2) is 22.3 Å². The van der Waals surface area contributed by atoms with Gasteiger partial charge < -0.3 is 4.74 Å². The summed E-state index contributed by atoms with van der Waals surface area (Å²) in [5.74, 6) is 1.59. The minimum absolute atomic E-state index is 0.228. The maximum atomic E-state index is 13.1. The lowest BCUT2D eigenvalue weighted by atomic mass is 10.2. The normalized spacial score (nSPS) is 11.0. The van der Waals surface area contributed by atoms with Gasteiger partial charge in [0.2, 0.25) is 0 Å². The highest BCUT2D eigenvalue weighted by Crippen LogP contribution is 2.37. The van der Waals surface area contributed by atoms with Gasteiger partial charge in [0.15, 0.2) is 0 Å². The molecule has 0 aliphatic heterocycles. The molecule has 0 N–H and O–H groups in total. The zero-order chi connectivity index (χ0) is 18.5. The summed E-state index contributed by atoms with van der Waals surface area (Å²) in [6.45, 7) is 0.677. The minimum atomic E-state index is -0.228. The first kappa shape index (κ1) is 17.9. The second-order valence-electron chi connectivity index (χ2n) is 5.87. The highest BCUT2D eigenvalue weighted by Gasteiger charge is 2.11. The first-order chi connectivity index (χ1) is 13.3. The summed E-state index contributed by atoms with van der Waals surface area (Å²) in [6.07, 6.45) is 2.54. The van der Waals surface area contributed by atoms with E-state index in [9.17, 15) is 4.39 Å². The van der Waals surface area contributed by atoms with Crippen molar-refractivity contribution in [1.82, 2.24) is 9.97 Å². The molecule has 136 valence electrons. The van der Waals surface area contributed by atoms with E-state index >= 15 is 0 Å². The van der Waals surface area contributed by atoms with Crippen LogP contribution in [0.4, 0.5) is 4.39 Å². The Balaban J connectivity index is 1.40. The fourth-order valence-electron chi connectivity index (χ4n) is 2.63. The Morgan fingerprint density at radius 3 is 2.63 bits per heavy atom. The highest BCUT2D eigenvalue weighted by molar-refractivity contribution is 7.99. The van der Waals surface area contributed by atoms with Gasteiger partial charge >= 0.3 is 0 Å². The van der Waals surface area contributed by atoms with Crippen molar-refractivity contribution < 1.29 is 9.13 Å². The van der Waals surface area contributed by atoms with Crippen LogP contribution in [0.3, 0.4) is 0 Å². The van der Waals surface area contributed by atoms with Gasteiger partial charge in [-0.1, -0.05) is 30.3 Å². The number of para-hydroxylation sites is 1. The first-order valence-corrected chi connectivity index (χ1v) is 10.4. The van der Waals surface area contributed by atoms with Gasteiger partial charge in [0.25, 0.3) is 0 Å². The van der Waals surface area contributed by atoms with Crippen LogP contribution < -0.4 is 4.74 Å². The van der Waals surface area contributed by atoms with E-state index < -0.39 is 0 Å². The Morgan fingerprint density at radius 2 is 1.81 bits per heavy atom. The average molecular weight is 397 g/mol. The maximum absolute atomic E-state index is 13.1. The van der Waals surface area contributed by atoms with Gasteiger partial charge in [-0.25, -0.2) is 14.4 Å². The number of halogens is 1. The molecule has 0 saturated heterocycles. The van der Waals surface area contributed by atoms with Crippen LogP contribution in [0.15, 0.2) is 72.0 Å². The van der Waals surface area contributed by atoms with Gasteiger partial charge in [-0.2, -0.15) is 0 Å². The number of nitrogens with zero attached hydrogens (tertiary/aromatic N) is 2. The predicted molar refractivity (Wildman–Crippen MR) is 110 cm³/mol. The van der Waals surface area contributed by atoms with Gasteiger partial charge in [0, 0.05) is 10.6 Å². The molecule has 0 saturated carbocycles. The standard InChI is InChI=1S/C21H17FN2OS2/c22-16-9-7-15(8-10-16)19-13-18-20(27-19)21(24-14-23-18)26-12-4-11-25-17-5-2-1-3-6-17/h1-3,5-10,13-14H,4,11-12H2. The summed E-state index contributed by atoms with van der Waals surface area (Å²) in [4.78, 5) is 9.89. The average Bonchev–Trinajstić information content (AvgIpc) is 3.14. The third kappa shape index (κ3) is 4.46. The number of hydrogen-bond donors (Lipinski definition) is 0. The number of rotatable bonds is 7. The van der Waals surface area contributed by atoms with Crippen LogP contribution in [0.25, 0.3) is 20.7 Å². The van der Waals surface area contributed by atoms with Crippen molar-refractivity contribution in [3.63, 3.8) is 0 Å². The number of ether oxygens (including phenoxy) is 1. The number of hydrogen-bond acceptors (Lipinski definition) is 5. The summed E-state index contributed by atoms with van der Waals surface area (Å²) in [7, 11) is 0. The molecule has 4 aromatic rings. The van der Waals surface area contributed by atoms with Crippen molar-refractivity contribution in [3.05, 3.63) is 72.8 Å². The van der Waals surface area contributed by atoms with E-state index in [1.165, 1.54) is 12.1 Å². The van der Waals surface area contributed by atoms with Gasteiger partial charge in [0.1, 0.15) is 22.9 Å². The van der Waals surface area contributed by atoms with Crippen molar-refractivity contribution in [2.75, 3.05) is 12.4 Å². The van der Waals surface area contributed by atoms with Crippen LogP contribution in [0.2, 0.25) is 0 Å². The van der Waals surface area contributed by atoms with Crippen molar-refractivity contribution in [2.24, 2.45) is 0 Å². The minimum Gasteiger partial charge on any atom is -0.494 e. The van der Waals surface area contributed by atoms with Crippen molar-refractivity contribution >= 4 is 33.3 Å². The largest absolute Gasteiger partial charge is 0.494 e. The van der Waals surface area contributed by atoms with Crippen molar-refractivity contribution in [2.45, 2.75) is 11.4 Å². The van der Waals surface area contributed by atoms with Crippen molar-refractivity contribution in [3.8, 4) is 16.2 Å². The summed E-state index contributed by atoms with van der Waals surface area (Å²) in [5, 5.41) is 0.984. The summed E-state index contributed by atoms with van der Waals surface area (Å²) in [6, 6.07) is 18.4. The molecule has 0 radical (unpaired) electrons. The number of aromatic nitrogens is 2. The van der Waals surface area contributed by atoms with E-state index in [0.29, 0.717) is 6.61 Å². The molecule has 2 heterocycles. The van der Waals surface area contributed by atoms with E-state index in [0.717, 1.165) is 43.6 Å². The Bertz CT molecular complexity index is 1020. The predicted octanol–water partition coefficient (Wildman–Crippen LogP) is 6.06. The quantitative estimate of drug-likeness (QED) is 0.216. The molecule has 0 spiro atoms. The molecule has 0 amide bonds. The maximum Gasteiger partial charge on any atom is 0.123 e. The molecule has 0 unspecified atom stereocenters. The Hall–Kier alpha value is -2.44. The smallest absolute Gasteiger partial charge is 0.123 e. The third-order valence-electron chi connectivity index (χ3n) is 3.95. The van der Waals surface area contributed by atoms with Crippen LogP contribution in [0.5, 0.6) is 5.75 Å². The van der Waals surface area contributed by atoms with Gasteiger partial charge in [-0.05, 0) is 42.3 Å². The van der Waals surface area contributed by atoms with Crippen LogP contribution in [0, 0.1) is 5.82 Å². The van der Waals surface area contributed by atoms with Gasteiger partial charge in [-0.15, -0.1) is 23.1 Å². The number of thioether (sulfide) groups is 1. The second-order valence-corrected chi connectivity index (χ2v) is 8.01. The van der Waals surface area contributed by atoms with E-state index in [2.05, 4.69) is 9.97 Å². The third-order valence-corrected chi connectivity index (χ3v) is 6.33. The lowest BCUT2D eigenvalue weighted by Crippen LogP contribution is -1.98. The molecule has 0 bridgehead atoms. The molecule has 3 nitrogen and oxygen atoms in total. The molecule has 2 aromatic carbocycles. The monoisotopic (exact) mass is 396 g/mol. The van der Waals surface area contributed by atoms with Crippen LogP contribution >= 0.6 is 23.1 Å². The van der Waals surface area contributed by atoms with Gasteiger partial charge in [-0.3, -0.25) is 0 Å². The lowest BCUT2D eigenvalue weighted by Gasteiger charge is -2.05. The number of thiophene rings is 1. The Labute approximate surface area is 165 Å². The molecular weight excluding hydrogens is 379 g/mol. The zero-order valence-electron chi connectivity index (χ0n) is 14.5. The molecule has 0 atom stereocenters. The Kier molecular flexibility index (Phi) is 5.65. The number of fused-ring (bicyclic) bond motifs is 1. The summed E-state index contributed by atoms with van der Waals surface area (Å²) < 4.78 is 20.0. The fourth-order valence-corrected chi connectivity index (χ4v) is 4.74. The summed E-state index contributed by atoms with van der Waals surface area (Å²) in [5.41, 5.74) is 1.92. The summed E-state index contributed by atoms with van der Waals surface area (Å²) >= 11 is 3.36. The first-order valence-electron chi connectivity index (χ1n) is 8.61. The van der Waals surface area contributed by atoms with Gasteiger partial charge in [0.05, 0.1) is 16.8 Å². The molecule has 0 aliphatic rings. The SMILES string of the molecule is Fc1ccc(-c2cc3ncnc(SCCCOc4ccccc4)c3s2)cc1. The molecule has 0 fully saturated rings. The lowest BCUT2D eigenvalue weighted by molar-refractivity contribution is 0.318. The topological polar surface area (TPSA) is 35.0 Å². The number of benzene rings is 2. The molecule has 27 heavy (non-hydrogen) atoms. The van der Waals surface area contributed by atoms with Crippen molar-refractivity contribution in [1.29, 1.82) is 0 Å². The van der Waals surface area contributed by atoms with Crippen LogP contribution in [-0.2, 0) is 0 Å². The van der Waals surface area contributed by atoms with E-state index in [1.807, 2.05) is 36.4 Å². The molecular formula is C21H17FN2OS2. The second kappa shape index (κ2) is 8.50. The fraction of sp³-hybridized carbons (Fsp3) is 0.143. The molecule has 2 aromatic heterocycles. The Morgan fingerprint density at radius 1 is 1.00 bits per heavy atom. The van der Waals surface area contributed by atoms with E-state index in [4.69, 9.17) is 4.74 Å². The van der Waals surface area contributed by atoms with E-state index in [1.54, 1.807) is 41.6 Å². The zero-order valence-corrected chi connectivity index (χ0v) is 16.1. The van der Waals surface area contributed by atoms with E-state index in [-0.39, 0.29) is 5.82 Å². The molecule has 0 aliphatic carbocycles. The van der Waals surface area contributed by atoms with Crippen LogP contribution in [0.1, 0.15) is 6.42 Å². The molecule has 4 rings (SSSR count). The molecule has 6 heteroatoms.